The molecule has 0 atom stereocenters. The zero-order valence-electron chi connectivity index (χ0n) is 17.2. The zero-order chi connectivity index (χ0) is 21.0. The molecular weight excluding hydrogens is 511 g/mol. The molecule has 0 aliphatic carbocycles. The Hall–Kier alpha value is -2.30. The molecule has 3 rings (SSSR count). The lowest BCUT2D eigenvalue weighted by atomic mass is 10.2. The Labute approximate surface area is 198 Å². The van der Waals surface area contributed by atoms with E-state index in [4.69, 9.17) is 12.2 Å². The predicted octanol–water partition coefficient (Wildman–Crippen LogP) is 3.17. The van der Waals surface area contributed by atoms with Gasteiger partial charge in [0, 0.05) is 11.9 Å². The molecule has 6 nitrogen and oxygen atoms in total. The maximum Gasteiger partial charge on any atom is 0.267 e. The van der Waals surface area contributed by atoms with Crippen LogP contribution in [0, 0.1) is 4.77 Å². The molecule has 0 N–H and O–H groups in total. The lowest BCUT2D eigenvalue weighted by Crippen LogP contribution is -2.36. The fourth-order valence-corrected chi connectivity index (χ4v) is 3.22. The zero-order valence-corrected chi connectivity index (χ0v) is 20.3. The topological polar surface area (TPSA) is 62.4 Å². The molecule has 0 saturated carbocycles. The molecule has 0 amide bonds. The summed E-state index contributed by atoms with van der Waals surface area (Å²) in [7, 11) is 6.19. The predicted molar refractivity (Wildman–Crippen MR) is 132 cm³/mol. The highest BCUT2D eigenvalue weighted by Gasteiger charge is 2.13. The maximum absolute atomic E-state index is 13.2. The summed E-state index contributed by atoms with van der Waals surface area (Å²) in [5.74, 6) is -0.465. The van der Waals surface area contributed by atoms with E-state index < -0.39 is 11.4 Å². The third kappa shape index (κ3) is 5.44. The number of quaternary nitrogens is 1. The molecule has 8 heteroatoms. The van der Waals surface area contributed by atoms with Crippen molar-refractivity contribution < 1.29 is 9.59 Å². The standard InChI is InChI=1S/C22H24N4O2S.HI/c1-26(2,3)15-14-23-16-19-20(27)24(17-10-6-4-7-11-17)22(29)25(21(19)28)18-12-8-5-9-13-18;/h4-13,16H,14-15H2,1-3H3;1H. The number of hydrogen-bond donors (Lipinski definition) is 0. The van der Waals surface area contributed by atoms with Gasteiger partial charge >= 0.3 is 0 Å². The fraction of sp³-hybridized carbons (Fsp3) is 0.227. The molecule has 30 heavy (non-hydrogen) atoms. The van der Waals surface area contributed by atoms with Crippen molar-refractivity contribution in [3.8, 4) is 17.3 Å². The van der Waals surface area contributed by atoms with Gasteiger partial charge in [-0.15, -0.1) is 24.0 Å². The molecule has 0 bridgehead atoms. The molecule has 0 spiro atoms. The third-order valence-electron chi connectivity index (χ3n) is 4.40. The number of nitrogens with zero attached hydrogens (tertiary/aromatic N) is 4. The second-order valence-electron chi connectivity index (χ2n) is 7.70. The smallest absolute Gasteiger partial charge is 0.267 e. The summed E-state index contributed by atoms with van der Waals surface area (Å²) in [6, 6.07) is 18.2. The molecular formula is C22H25IN4O2S. The molecule has 2 aromatic carbocycles. The van der Waals surface area contributed by atoms with Gasteiger partial charge in [0.05, 0.1) is 45.5 Å². The largest absolute Gasteiger partial charge is 0.859 e. The minimum atomic E-state index is -0.465. The molecule has 1 heterocycles. The van der Waals surface area contributed by atoms with Gasteiger partial charge < -0.3 is 14.2 Å². The summed E-state index contributed by atoms with van der Waals surface area (Å²) in [6.07, 6.45) is 1.38. The van der Waals surface area contributed by atoms with Gasteiger partial charge in [-0.2, -0.15) is 0 Å². The van der Waals surface area contributed by atoms with E-state index in [0.29, 0.717) is 17.9 Å². The summed E-state index contributed by atoms with van der Waals surface area (Å²) in [6.45, 7) is 1.30. The summed E-state index contributed by atoms with van der Waals surface area (Å²) in [5, 5.41) is 13.2. The fourth-order valence-electron chi connectivity index (χ4n) is 2.84. The highest BCUT2D eigenvalue weighted by molar-refractivity contribution is 14.0. The Morgan fingerprint density at radius 2 is 1.47 bits per heavy atom. The van der Waals surface area contributed by atoms with Crippen molar-refractivity contribution in [2.45, 2.75) is 0 Å². The second-order valence-corrected chi connectivity index (χ2v) is 8.06. The summed E-state index contributed by atoms with van der Waals surface area (Å²) < 4.78 is 3.63. The van der Waals surface area contributed by atoms with Crippen molar-refractivity contribution in [2.75, 3.05) is 34.2 Å². The minimum Gasteiger partial charge on any atom is -0.859 e. The maximum atomic E-state index is 13.2. The van der Waals surface area contributed by atoms with E-state index in [1.165, 1.54) is 15.3 Å². The Kier molecular flexibility index (Phi) is 8.10. The van der Waals surface area contributed by atoms with Crippen molar-refractivity contribution in [3.63, 3.8) is 0 Å². The Morgan fingerprint density at radius 3 is 1.97 bits per heavy atom. The molecule has 1 aromatic heterocycles. The third-order valence-corrected chi connectivity index (χ3v) is 4.76. The van der Waals surface area contributed by atoms with Gasteiger partial charge in [0.2, 0.25) is 0 Å². The lowest BCUT2D eigenvalue weighted by molar-refractivity contribution is -0.868. The van der Waals surface area contributed by atoms with Gasteiger partial charge in [0.15, 0.2) is 4.77 Å². The van der Waals surface area contributed by atoms with E-state index >= 15 is 0 Å². The van der Waals surface area contributed by atoms with Crippen LogP contribution in [0.25, 0.3) is 11.4 Å². The molecule has 0 unspecified atom stereocenters. The molecule has 3 aromatic rings. The lowest BCUT2D eigenvalue weighted by Gasteiger charge is -2.23. The van der Waals surface area contributed by atoms with Crippen LogP contribution in [0.3, 0.4) is 0 Å². The second kappa shape index (κ2) is 10.1. The van der Waals surface area contributed by atoms with Gasteiger partial charge in [-0.3, -0.25) is 14.4 Å². The van der Waals surface area contributed by atoms with Crippen LogP contribution in [0.15, 0.2) is 70.5 Å². The molecule has 0 fully saturated rings. The van der Waals surface area contributed by atoms with Crippen molar-refractivity contribution >= 4 is 42.4 Å². The van der Waals surface area contributed by atoms with Gasteiger partial charge in [0.25, 0.3) is 5.56 Å². The number of hydrogen-bond acceptors (Lipinski definition) is 4. The highest BCUT2D eigenvalue weighted by Crippen LogP contribution is 2.19. The van der Waals surface area contributed by atoms with Crippen LogP contribution in [-0.4, -0.2) is 54.1 Å². The van der Waals surface area contributed by atoms with Crippen molar-refractivity contribution in [3.05, 3.63) is 81.4 Å². The van der Waals surface area contributed by atoms with Crippen LogP contribution in [0.4, 0.5) is 0 Å². The molecule has 0 aliphatic rings. The number of likely N-dealkylation sites (N-methyl/N-ethyl adjacent to an activating group) is 1. The Bertz CT molecular complexity index is 1130. The van der Waals surface area contributed by atoms with E-state index in [9.17, 15) is 9.90 Å². The van der Waals surface area contributed by atoms with Crippen LogP contribution >= 0.6 is 36.2 Å². The van der Waals surface area contributed by atoms with E-state index in [0.717, 1.165) is 11.0 Å². The summed E-state index contributed by atoms with van der Waals surface area (Å²) >= 11 is 5.55. The average Bonchev–Trinajstić information content (AvgIpc) is 2.68. The SMILES string of the molecule is C[N+](C)(C)CCN=Cc1c([O-])n(-c2ccccc2)c(=S)n(-c2ccccc2)c1=O.I. The van der Waals surface area contributed by atoms with Gasteiger partial charge in [-0.05, 0) is 42.4 Å². The number of benzene rings is 2. The van der Waals surface area contributed by atoms with Crippen LogP contribution in [0.1, 0.15) is 5.56 Å². The normalized spacial score (nSPS) is 11.4. The van der Waals surface area contributed by atoms with Gasteiger partial charge in [-0.1, -0.05) is 36.4 Å². The first-order valence-corrected chi connectivity index (χ1v) is 9.70. The van der Waals surface area contributed by atoms with E-state index in [-0.39, 0.29) is 34.3 Å². The molecule has 0 saturated heterocycles. The number of para-hydroxylation sites is 2. The highest BCUT2D eigenvalue weighted by atomic mass is 127. The molecule has 158 valence electrons. The average molecular weight is 536 g/mol. The van der Waals surface area contributed by atoms with Gasteiger partial charge in [0.1, 0.15) is 0 Å². The number of aromatic nitrogens is 2. The number of rotatable bonds is 6. The van der Waals surface area contributed by atoms with Crippen molar-refractivity contribution in [2.24, 2.45) is 4.99 Å². The van der Waals surface area contributed by atoms with E-state index in [1.54, 1.807) is 24.3 Å². The van der Waals surface area contributed by atoms with Crippen LogP contribution in [-0.2, 0) is 0 Å². The monoisotopic (exact) mass is 536 g/mol. The summed E-state index contributed by atoms with van der Waals surface area (Å²) in [4.78, 5) is 17.5. The van der Waals surface area contributed by atoms with Crippen LogP contribution in [0.5, 0.6) is 5.88 Å². The van der Waals surface area contributed by atoms with Crippen molar-refractivity contribution in [1.82, 2.24) is 9.13 Å². The number of halogens is 1. The van der Waals surface area contributed by atoms with E-state index in [2.05, 4.69) is 26.1 Å². The number of aliphatic imine (C=N–C) groups is 1. The molecule has 0 aliphatic heterocycles. The first-order valence-electron chi connectivity index (χ1n) is 9.30. The quantitative estimate of drug-likeness (QED) is 0.211. The van der Waals surface area contributed by atoms with Crippen LogP contribution < -0.4 is 10.7 Å². The van der Waals surface area contributed by atoms with Gasteiger partial charge in [-0.25, -0.2) is 0 Å². The summed E-state index contributed by atoms with van der Waals surface area (Å²) in [5.41, 5.74) is 0.737. The van der Waals surface area contributed by atoms with E-state index in [1.807, 2.05) is 36.4 Å². The Morgan fingerprint density at radius 1 is 0.967 bits per heavy atom. The minimum absolute atomic E-state index is 0. The first kappa shape index (κ1) is 24.0. The Balaban J connectivity index is 0.00000320. The first-order chi connectivity index (χ1) is 13.8. The van der Waals surface area contributed by atoms with Crippen LogP contribution in [0.2, 0.25) is 0 Å². The van der Waals surface area contributed by atoms with Crippen molar-refractivity contribution in [1.29, 1.82) is 0 Å². The molecule has 0 radical (unpaired) electrons.